The number of rotatable bonds is 4. The molecule has 0 aliphatic heterocycles. The predicted molar refractivity (Wildman–Crippen MR) is 75.8 cm³/mol. The lowest BCUT2D eigenvalue weighted by Gasteiger charge is -2.33. The van der Waals surface area contributed by atoms with Crippen molar-refractivity contribution in [3.05, 3.63) is 29.8 Å². The van der Waals surface area contributed by atoms with Crippen molar-refractivity contribution in [2.45, 2.75) is 44.4 Å². The Labute approximate surface area is 113 Å². The lowest BCUT2D eigenvalue weighted by Crippen LogP contribution is -2.27. The molecule has 1 fully saturated rings. The summed E-state index contributed by atoms with van der Waals surface area (Å²) in [6.45, 7) is 3.22. The molecule has 1 aliphatic carbocycles. The maximum atomic E-state index is 5.93. The lowest BCUT2D eigenvalue weighted by atomic mass is 9.76. The highest BCUT2D eigenvalue weighted by atomic mass is 79.9. The molecule has 1 aromatic carbocycles. The molecule has 1 saturated carbocycles. The number of alkyl halides is 1. The maximum Gasteiger partial charge on any atom is 0.119 e. The zero-order chi connectivity index (χ0) is 12.1. The molecule has 17 heavy (non-hydrogen) atoms. The topological polar surface area (TPSA) is 9.23 Å². The monoisotopic (exact) mass is 296 g/mol. The van der Waals surface area contributed by atoms with Crippen LogP contribution >= 0.6 is 15.9 Å². The van der Waals surface area contributed by atoms with E-state index < -0.39 is 0 Å². The first kappa shape index (κ1) is 12.9. The van der Waals surface area contributed by atoms with Crippen LogP contribution in [0.2, 0.25) is 0 Å². The van der Waals surface area contributed by atoms with E-state index in [4.69, 9.17) is 4.74 Å². The quantitative estimate of drug-likeness (QED) is 0.716. The van der Waals surface area contributed by atoms with Crippen molar-refractivity contribution in [2.24, 2.45) is 5.41 Å². The molecule has 0 heterocycles. The average molecular weight is 297 g/mol. The minimum absolute atomic E-state index is 0.395. The number of hydrogen-bond donors (Lipinski definition) is 0. The highest BCUT2D eigenvalue weighted by Crippen LogP contribution is 2.36. The number of ether oxygens (including phenoxy) is 1. The van der Waals surface area contributed by atoms with E-state index in [0.29, 0.717) is 5.41 Å². The first-order chi connectivity index (χ1) is 8.22. The summed E-state index contributed by atoms with van der Waals surface area (Å²) in [5.41, 5.74) is 1.69. The Hall–Kier alpha value is -0.500. The third-order valence-electron chi connectivity index (χ3n) is 3.73. The molecule has 1 nitrogen and oxygen atoms in total. The van der Waals surface area contributed by atoms with Crippen LogP contribution in [0, 0.1) is 5.41 Å². The van der Waals surface area contributed by atoms with Crippen molar-refractivity contribution in [3.8, 4) is 5.75 Å². The van der Waals surface area contributed by atoms with Crippen molar-refractivity contribution in [1.82, 2.24) is 0 Å². The smallest absolute Gasteiger partial charge is 0.119 e. The maximum absolute atomic E-state index is 5.93. The van der Waals surface area contributed by atoms with E-state index in [9.17, 15) is 0 Å². The van der Waals surface area contributed by atoms with Gasteiger partial charge in [0.05, 0.1) is 6.61 Å². The molecular formula is C15H21BrO. The van der Waals surface area contributed by atoms with E-state index in [1.807, 2.05) is 0 Å². The van der Waals surface area contributed by atoms with Gasteiger partial charge in [0.25, 0.3) is 0 Å². The summed E-state index contributed by atoms with van der Waals surface area (Å²) in [6.07, 6.45) is 6.75. The molecule has 0 spiro atoms. The molecule has 0 saturated heterocycles. The van der Waals surface area contributed by atoms with Crippen LogP contribution in [0.25, 0.3) is 0 Å². The number of benzene rings is 1. The van der Waals surface area contributed by atoms with Gasteiger partial charge in [0.15, 0.2) is 0 Å². The van der Waals surface area contributed by atoms with Crippen LogP contribution in [0.4, 0.5) is 0 Å². The second-order valence-electron chi connectivity index (χ2n) is 5.44. The molecular weight excluding hydrogens is 276 g/mol. The molecule has 2 rings (SSSR count). The number of halogens is 1. The van der Waals surface area contributed by atoms with Gasteiger partial charge in [-0.2, -0.15) is 0 Å². The Morgan fingerprint density at radius 1 is 1.12 bits per heavy atom. The Balaban J connectivity index is 1.87. The first-order valence-electron chi connectivity index (χ1n) is 6.50. The Morgan fingerprint density at radius 3 is 2.35 bits per heavy atom. The van der Waals surface area contributed by atoms with E-state index in [1.165, 1.54) is 37.7 Å². The Kier molecular flexibility index (Phi) is 4.49. The molecule has 1 aliphatic rings. The number of hydrogen-bond acceptors (Lipinski definition) is 1. The van der Waals surface area contributed by atoms with E-state index in [1.54, 1.807) is 0 Å². The zero-order valence-corrected chi connectivity index (χ0v) is 12.1. The molecule has 0 bridgehead atoms. The van der Waals surface area contributed by atoms with Gasteiger partial charge in [-0.05, 0) is 30.5 Å². The van der Waals surface area contributed by atoms with Crippen LogP contribution in [0.3, 0.4) is 0 Å². The first-order valence-corrected chi connectivity index (χ1v) is 7.62. The van der Waals surface area contributed by atoms with Gasteiger partial charge in [0, 0.05) is 10.7 Å². The molecule has 0 radical (unpaired) electrons. The van der Waals surface area contributed by atoms with E-state index in [0.717, 1.165) is 17.7 Å². The summed E-state index contributed by atoms with van der Waals surface area (Å²) < 4.78 is 5.93. The van der Waals surface area contributed by atoms with Gasteiger partial charge >= 0.3 is 0 Å². The van der Waals surface area contributed by atoms with Gasteiger partial charge in [-0.1, -0.05) is 54.2 Å². The summed E-state index contributed by atoms with van der Waals surface area (Å²) >= 11 is 3.45. The van der Waals surface area contributed by atoms with Gasteiger partial charge in [0.2, 0.25) is 0 Å². The summed E-state index contributed by atoms with van der Waals surface area (Å²) in [7, 11) is 0. The Bertz CT molecular complexity index is 338. The third kappa shape index (κ3) is 3.74. The van der Waals surface area contributed by atoms with Crippen molar-refractivity contribution in [3.63, 3.8) is 0 Å². The van der Waals surface area contributed by atoms with E-state index in [2.05, 4.69) is 47.1 Å². The summed E-state index contributed by atoms with van der Waals surface area (Å²) in [6, 6.07) is 8.38. The molecule has 2 heteroatoms. The van der Waals surface area contributed by atoms with Crippen LogP contribution in [0.15, 0.2) is 24.3 Å². The largest absolute Gasteiger partial charge is 0.493 e. The highest BCUT2D eigenvalue weighted by molar-refractivity contribution is 9.08. The standard InChI is InChI=1S/C15H21BrO/c1-15(9-3-2-4-10-15)12-17-14-7-5-13(11-16)6-8-14/h5-8H,2-4,9-12H2,1H3. The van der Waals surface area contributed by atoms with Crippen LogP contribution in [0.1, 0.15) is 44.6 Å². The van der Waals surface area contributed by atoms with Crippen LogP contribution in [-0.2, 0) is 5.33 Å². The fraction of sp³-hybridized carbons (Fsp3) is 0.600. The van der Waals surface area contributed by atoms with Crippen molar-refractivity contribution in [2.75, 3.05) is 6.61 Å². The van der Waals surface area contributed by atoms with Gasteiger partial charge in [-0.15, -0.1) is 0 Å². The Morgan fingerprint density at radius 2 is 1.76 bits per heavy atom. The molecule has 0 aromatic heterocycles. The van der Waals surface area contributed by atoms with Gasteiger partial charge < -0.3 is 4.74 Å². The fourth-order valence-electron chi connectivity index (χ4n) is 2.48. The summed E-state index contributed by atoms with van der Waals surface area (Å²) in [4.78, 5) is 0. The minimum atomic E-state index is 0.395. The highest BCUT2D eigenvalue weighted by Gasteiger charge is 2.27. The van der Waals surface area contributed by atoms with Crippen molar-refractivity contribution in [1.29, 1.82) is 0 Å². The van der Waals surface area contributed by atoms with E-state index in [-0.39, 0.29) is 0 Å². The average Bonchev–Trinajstić information content (AvgIpc) is 2.38. The van der Waals surface area contributed by atoms with Crippen LogP contribution in [-0.4, -0.2) is 6.61 Å². The van der Waals surface area contributed by atoms with Crippen molar-refractivity contribution < 1.29 is 4.74 Å². The normalized spacial score (nSPS) is 18.9. The van der Waals surface area contributed by atoms with Crippen LogP contribution in [0.5, 0.6) is 5.75 Å². The zero-order valence-electron chi connectivity index (χ0n) is 10.5. The SMILES string of the molecule is CC1(COc2ccc(CBr)cc2)CCCCC1. The van der Waals surface area contributed by atoms with Gasteiger partial charge in [-0.3, -0.25) is 0 Å². The molecule has 0 N–H and O–H groups in total. The molecule has 0 unspecified atom stereocenters. The predicted octanol–water partition coefficient (Wildman–Crippen LogP) is 4.93. The third-order valence-corrected chi connectivity index (χ3v) is 4.37. The van der Waals surface area contributed by atoms with E-state index >= 15 is 0 Å². The molecule has 0 amide bonds. The lowest BCUT2D eigenvalue weighted by molar-refractivity contribution is 0.116. The van der Waals surface area contributed by atoms with Crippen molar-refractivity contribution >= 4 is 15.9 Å². The second kappa shape index (κ2) is 5.90. The molecule has 1 aromatic rings. The second-order valence-corrected chi connectivity index (χ2v) is 6.00. The van der Waals surface area contributed by atoms with Gasteiger partial charge in [0.1, 0.15) is 5.75 Å². The minimum Gasteiger partial charge on any atom is -0.493 e. The molecule has 0 atom stereocenters. The summed E-state index contributed by atoms with van der Waals surface area (Å²) in [5.74, 6) is 1.00. The van der Waals surface area contributed by atoms with Gasteiger partial charge in [-0.25, -0.2) is 0 Å². The molecule has 94 valence electrons. The van der Waals surface area contributed by atoms with Crippen LogP contribution < -0.4 is 4.74 Å². The summed E-state index contributed by atoms with van der Waals surface area (Å²) in [5, 5.41) is 0.908. The fourth-order valence-corrected chi connectivity index (χ4v) is 2.86.